The van der Waals surface area contributed by atoms with Crippen LogP contribution in [0.25, 0.3) is 0 Å². The topological polar surface area (TPSA) is 66.8 Å². The predicted molar refractivity (Wildman–Crippen MR) is 75.8 cm³/mol. The Hall–Kier alpha value is -2.11. The van der Waals surface area contributed by atoms with Crippen LogP contribution in [-0.2, 0) is 16.0 Å². The summed E-state index contributed by atoms with van der Waals surface area (Å²) in [5.41, 5.74) is -0.620. The summed E-state index contributed by atoms with van der Waals surface area (Å²) < 4.78 is 18.3. The van der Waals surface area contributed by atoms with Crippen molar-refractivity contribution in [2.45, 2.75) is 32.2 Å². The monoisotopic (exact) mass is 297 g/mol. The van der Waals surface area contributed by atoms with Crippen LogP contribution in [0.1, 0.15) is 25.8 Å². The number of hydrogen-bond donors (Lipinski definition) is 1. The Morgan fingerprint density at radius 1 is 1.38 bits per heavy atom. The Labute approximate surface area is 123 Å². The van der Waals surface area contributed by atoms with Crippen molar-refractivity contribution in [1.82, 2.24) is 4.90 Å². The zero-order valence-electron chi connectivity index (χ0n) is 12.6. The lowest BCUT2D eigenvalue weighted by Crippen LogP contribution is -2.50. The molecule has 0 aliphatic carbocycles. The van der Waals surface area contributed by atoms with Crippen LogP contribution in [0, 0.1) is 5.82 Å². The fourth-order valence-corrected chi connectivity index (χ4v) is 1.74. The smallest absolute Gasteiger partial charge is 0.329 e. The molecule has 0 aliphatic heterocycles. The first-order valence-corrected chi connectivity index (χ1v) is 6.52. The van der Waals surface area contributed by atoms with E-state index in [1.807, 2.05) is 0 Å². The van der Waals surface area contributed by atoms with E-state index in [1.54, 1.807) is 6.07 Å². The second kappa shape index (κ2) is 6.56. The maximum atomic E-state index is 13.5. The van der Waals surface area contributed by atoms with E-state index in [2.05, 4.69) is 0 Å². The van der Waals surface area contributed by atoms with E-state index >= 15 is 0 Å². The lowest BCUT2D eigenvalue weighted by atomic mass is 10.0. The molecule has 1 aromatic rings. The maximum Gasteiger partial charge on any atom is 0.329 e. The SMILES string of the molecule is COc1ccc(CCC(=O)N(C)C(C)(C)C(=O)O)cc1F. The van der Waals surface area contributed by atoms with E-state index in [-0.39, 0.29) is 18.1 Å². The summed E-state index contributed by atoms with van der Waals surface area (Å²) >= 11 is 0. The molecule has 1 aromatic carbocycles. The number of carbonyl (C=O) groups is 2. The summed E-state index contributed by atoms with van der Waals surface area (Å²) in [5, 5.41) is 9.08. The Morgan fingerprint density at radius 2 is 2.00 bits per heavy atom. The van der Waals surface area contributed by atoms with Gasteiger partial charge >= 0.3 is 5.97 Å². The number of halogens is 1. The summed E-state index contributed by atoms with van der Waals surface area (Å²) in [7, 11) is 2.83. The fourth-order valence-electron chi connectivity index (χ4n) is 1.74. The Balaban J connectivity index is 2.69. The predicted octanol–water partition coefficient (Wildman–Crippen LogP) is 2.09. The van der Waals surface area contributed by atoms with Gasteiger partial charge in [-0.1, -0.05) is 6.07 Å². The van der Waals surface area contributed by atoms with Gasteiger partial charge in [0.25, 0.3) is 0 Å². The summed E-state index contributed by atoms with van der Waals surface area (Å²) in [6.45, 7) is 2.92. The molecule has 0 saturated heterocycles. The van der Waals surface area contributed by atoms with Crippen LogP contribution in [0.15, 0.2) is 18.2 Å². The third kappa shape index (κ3) is 3.93. The highest BCUT2D eigenvalue weighted by atomic mass is 19.1. The number of rotatable bonds is 6. The van der Waals surface area contributed by atoms with E-state index in [0.29, 0.717) is 12.0 Å². The van der Waals surface area contributed by atoms with Gasteiger partial charge in [0.05, 0.1) is 7.11 Å². The van der Waals surface area contributed by atoms with E-state index in [0.717, 1.165) is 0 Å². The van der Waals surface area contributed by atoms with Crippen LogP contribution >= 0.6 is 0 Å². The van der Waals surface area contributed by atoms with Gasteiger partial charge in [-0.05, 0) is 38.0 Å². The van der Waals surface area contributed by atoms with Crippen LogP contribution in [-0.4, -0.2) is 41.6 Å². The minimum absolute atomic E-state index is 0.110. The standard InChI is InChI=1S/C15H20FNO4/c1-15(2,14(19)20)17(3)13(18)8-6-10-5-7-12(21-4)11(16)9-10/h5,7,9H,6,8H2,1-4H3,(H,19,20). The quantitative estimate of drug-likeness (QED) is 0.873. The fraction of sp³-hybridized carbons (Fsp3) is 0.467. The maximum absolute atomic E-state index is 13.5. The van der Waals surface area contributed by atoms with Crippen LogP contribution in [0.3, 0.4) is 0 Å². The molecule has 0 bridgehead atoms. The highest BCUT2D eigenvalue weighted by Gasteiger charge is 2.34. The number of amides is 1. The molecular weight excluding hydrogens is 277 g/mol. The van der Waals surface area contributed by atoms with Gasteiger partial charge in [0.2, 0.25) is 5.91 Å². The van der Waals surface area contributed by atoms with Gasteiger partial charge in [-0.2, -0.15) is 0 Å². The van der Waals surface area contributed by atoms with Crippen molar-refractivity contribution >= 4 is 11.9 Å². The lowest BCUT2D eigenvalue weighted by Gasteiger charge is -2.31. The molecule has 0 fully saturated rings. The third-order valence-corrected chi connectivity index (χ3v) is 3.58. The summed E-state index contributed by atoms with van der Waals surface area (Å²) in [6, 6.07) is 4.49. The largest absolute Gasteiger partial charge is 0.494 e. The second-order valence-corrected chi connectivity index (χ2v) is 5.29. The Bertz CT molecular complexity index is 542. The number of methoxy groups -OCH3 is 1. The zero-order valence-corrected chi connectivity index (χ0v) is 12.6. The van der Waals surface area contributed by atoms with Crippen molar-refractivity contribution in [1.29, 1.82) is 0 Å². The van der Waals surface area contributed by atoms with Gasteiger partial charge in [-0.3, -0.25) is 4.79 Å². The number of likely N-dealkylation sites (N-methyl/N-ethyl adjacent to an activating group) is 1. The van der Waals surface area contributed by atoms with Crippen LogP contribution in [0.5, 0.6) is 5.75 Å². The molecule has 0 spiro atoms. The highest BCUT2D eigenvalue weighted by Crippen LogP contribution is 2.19. The highest BCUT2D eigenvalue weighted by molar-refractivity contribution is 5.86. The number of aryl methyl sites for hydroxylation is 1. The Morgan fingerprint density at radius 3 is 2.48 bits per heavy atom. The number of hydrogen-bond acceptors (Lipinski definition) is 3. The average Bonchev–Trinajstić information content (AvgIpc) is 2.43. The Kier molecular flexibility index (Phi) is 5.29. The first-order valence-electron chi connectivity index (χ1n) is 6.52. The van der Waals surface area contributed by atoms with Gasteiger partial charge < -0.3 is 14.7 Å². The van der Waals surface area contributed by atoms with Gasteiger partial charge in [0.1, 0.15) is 5.54 Å². The van der Waals surface area contributed by atoms with Gasteiger partial charge in [-0.25, -0.2) is 9.18 Å². The molecule has 1 rings (SSSR count). The summed E-state index contributed by atoms with van der Waals surface area (Å²) in [5.74, 6) is -1.72. The molecule has 0 radical (unpaired) electrons. The molecule has 1 N–H and O–H groups in total. The second-order valence-electron chi connectivity index (χ2n) is 5.29. The van der Waals surface area contributed by atoms with Crippen molar-refractivity contribution in [2.24, 2.45) is 0 Å². The van der Waals surface area contributed by atoms with Crippen molar-refractivity contribution in [3.8, 4) is 5.75 Å². The molecule has 0 aromatic heterocycles. The molecule has 0 unspecified atom stereocenters. The number of benzene rings is 1. The number of ether oxygens (including phenoxy) is 1. The molecule has 1 amide bonds. The first kappa shape index (κ1) is 16.9. The van der Waals surface area contributed by atoms with Crippen molar-refractivity contribution in [3.05, 3.63) is 29.6 Å². The van der Waals surface area contributed by atoms with Gasteiger partial charge in [-0.15, -0.1) is 0 Å². The minimum atomic E-state index is -1.28. The number of carboxylic acids is 1. The van der Waals surface area contributed by atoms with Gasteiger partial charge in [0.15, 0.2) is 11.6 Å². The van der Waals surface area contributed by atoms with Crippen molar-refractivity contribution < 1.29 is 23.8 Å². The van der Waals surface area contributed by atoms with Crippen LogP contribution < -0.4 is 4.74 Å². The third-order valence-electron chi connectivity index (χ3n) is 3.58. The molecule has 116 valence electrons. The molecular formula is C15H20FNO4. The normalized spacial score (nSPS) is 11.1. The summed E-state index contributed by atoms with van der Waals surface area (Å²) in [4.78, 5) is 24.3. The van der Waals surface area contributed by atoms with E-state index in [1.165, 1.54) is 45.0 Å². The molecule has 5 nitrogen and oxygen atoms in total. The number of carboxylic acid groups (broad SMARTS) is 1. The number of nitrogens with zero attached hydrogens (tertiary/aromatic N) is 1. The lowest BCUT2D eigenvalue weighted by molar-refractivity contribution is -0.155. The number of carbonyl (C=O) groups excluding carboxylic acids is 1. The zero-order chi connectivity index (χ0) is 16.2. The summed E-state index contributed by atoms with van der Waals surface area (Å²) in [6.07, 6.45) is 0.443. The molecule has 6 heteroatoms. The van der Waals surface area contributed by atoms with Crippen LogP contribution in [0.4, 0.5) is 4.39 Å². The molecule has 0 atom stereocenters. The van der Waals surface area contributed by atoms with Gasteiger partial charge in [0, 0.05) is 13.5 Å². The first-order chi connectivity index (χ1) is 9.70. The van der Waals surface area contributed by atoms with E-state index in [4.69, 9.17) is 9.84 Å². The molecule has 0 heterocycles. The molecule has 0 aliphatic rings. The van der Waals surface area contributed by atoms with E-state index < -0.39 is 17.3 Å². The molecule has 0 saturated carbocycles. The average molecular weight is 297 g/mol. The molecule has 21 heavy (non-hydrogen) atoms. The van der Waals surface area contributed by atoms with E-state index in [9.17, 15) is 14.0 Å². The minimum Gasteiger partial charge on any atom is -0.494 e. The van der Waals surface area contributed by atoms with Crippen LogP contribution in [0.2, 0.25) is 0 Å². The number of aliphatic carboxylic acids is 1. The van der Waals surface area contributed by atoms with Crippen molar-refractivity contribution in [3.63, 3.8) is 0 Å². The van der Waals surface area contributed by atoms with Crippen molar-refractivity contribution in [2.75, 3.05) is 14.2 Å².